The zero-order valence-corrected chi connectivity index (χ0v) is 31.6. The molecule has 0 aromatic heterocycles. The van der Waals surface area contributed by atoms with Crippen LogP contribution in [0, 0.1) is 5.41 Å². The Labute approximate surface area is 309 Å². The van der Waals surface area contributed by atoms with Crippen LogP contribution in [0.15, 0.2) is 76.5 Å². The molecule has 3 aromatic rings. The molecule has 0 saturated heterocycles. The van der Waals surface area contributed by atoms with Crippen molar-refractivity contribution in [1.82, 2.24) is 10.6 Å². The first-order valence-corrected chi connectivity index (χ1v) is 20.3. The van der Waals surface area contributed by atoms with Gasteiger partial charge in [0.15, 0.2) is 22.5 Å². The number of anilines is 2. The summed E-state index contributed by atoms with van der Waals surface area (Å²) in [6.45, 7) is 5.34. The summed E-state index contributed by atoms with van der Waals surface area (Å²) in [4.78, 5) is 41.1. The highest BCUT2D eigenvalue weighted by Gasteiger charge is 2.42. The maximum Gasteiger partial charge on any atom is 0.328 e. The second-order valence-electron chi connectivity index (χ2n) is 13.3. The highest BCUT2D eigenvalue weighted by molar-refractivity contribution is 7.98. The van der Waals surface area contributed by atoms with Crippen molar-refractivity contribution >= 4 is 50.8 Å². The van der Waals surface area contributed by atoms with Gasteiger partial charge in [-0.2, -0.15) is 0 Å². The van der Waals surface area contributed by atoms with Gasteiger partial charge in [0.1, 0.15) is 17.5 Å². The van der Waals surface area contributed by atoms with Crippen molar-refractivity contribution in [2.45, 2.75) is 87.3 Å². The van der Waals surface area contributed by atoms with Gasteiger partial charge >= 0.3 is 5.97 Å². The van der Waals surface area contributed by atoms with Gasteiger partial charge in [0, 0.05) is 23.7 Å². The van der Waals surface area contributed by atoms with E-state index in [4.69, 9.17) is 4.74 Å². The molecule has 0 unspecified atom stereocenters. The van der Waals surface area contributed by atoms with Crippen molar-refractivity contribution in [2.75, 3.05) is 30.1 Å². The number of carbonyl (C=O) groups is 3. The molecule has 1 aliphatic rings. The first-order valence-electron chi connectivity index (χ1n) is 17.4. The van der Waals surface area contributed by atoms with Crippen molar-refractivity contribution in [2.24, 2.45) is 5.41 Å². The Balaban J connectivity index is 1.69. The number of rotatable bonds is 17. The summed E-state index contributed by atoms with van der Waals surface area (Å²) in [7, 11) is -3.84. The molecule has 4 rings (SSSR count). The lowest BCUT2D eigenvalue weighted by Gasteiger charge is -2.37. The molecule has 14 heteroatoms. The SMILES string of the molecule is CCCCC1(CCCC)CN(c2ccccc2)c2cc(SC)c(OCC(=O)N[C@H](C(=O)N[C@@H](C(=O)O)[C@@H](C)O)c3ccc(O)cc3)cc2S(=O)(=O)C1. The number of fused-ring (bicyclic) bond motifs is 1. The number of nitrogens with one attached hydrogen (secondary N) is 2. The van der Waals surface area contributed by atoms with Gasteiger partial charge in [0.05, 0.1) is 27.3 Å². The molecular formula is C38H49N3O9S2. The Morgan fingerprint density at radius 1 is 0.981 bits per heavy atom. The molecule has 0 saturated carbocycles. The maximum atomic E-state index is 14.4. The van der Waals surface area contributed by atoms with Gasteiger partial charge in [-0.3, -0.25) is 9.59 Å². The van der Waals surface area contributed by atoms with E-state index < -0.39 is 57.8 Å². The number of hydrogen-bond acceptors (Lipinski definition) is 10. The van der Waals surface area contributed by atoms with Crippen LogP contribution in [0.4, 0.5) is 11.4 Å². The molecule has 52 heavy (non-hydrogen) atoms. The highest BCUT2D eigenvalue weighted by Crippen LogP contribution is 2.47. The van der Waals surface area contributed by atoms with Crippen LogP contribution >= 0.6 is 11.8 Å². The van der Waals surface area contributed by atoms with Crippen LogP contribution in [0.25, 0.3) is 0 Å². The molecule has 0 spiro atoms. The number of sulfone groups is 1. The van der Waals surface area contributed by atoms with Crippen LogP contribution in [0.5, 0.6) is 11.5 Å². The number of carboxylic acids is 1. The van der Waals surface area contributed by atoms with E-state index in [1.807, 2.05) is 36.6 Å². The summed E-state index contributed by atoms with van der Waals surface area (Å²) in [5, 5.41) is 33.9. The molecule has 3 aromatic carbocycles. The lowest BCUT2D eigenvalue weighted by Crippen LogP contribution is -2.52. The number of para-hydroxylation sites is 1. The van der Waals surface area contributed by atoms with Gasteiger partial charge in [-0.1, -0.05) is 69.9 Å². The first-order chi connectivity index (χ1) is 24.7. The van der Waals surface area contributed by atoms with Crippen LogP contribution < -0.4 is 20.3 Å². The first kappa shape index (κ1) is 40.5. The lowest BCUT2D eigenvalue weighted by molar-refractivity contribution is -0.145. The fourth-order valence-corrected chi connectivity index (χ4v) is 9.18. The summed E-state index contributed by atoms with van der Waals surface area (Å²) in [5.41, 5.74) is 1.15. The monoisotopic (exact) mass is 755 g/mol. The summed E-state index contributed by atoms with van der Waals surface area (Å²) < 4.78 is 34.8. The maximum absolute atomic E-state index is 14.4. The number of carbonyl (C=O) groups excluding carboxylic acids is 2. The van der Waals surface area contributed by atoms with Gasteiger partial charge in [0.2, 0.25) is 5.91 Å². The minimum atomic E-state index is -3.84. The number of phenolic OH excluding ortho intramolecular Hbond substituents is 1. The van der Waals surface area contributed by atoms with Crippen molar-refractivity contribution in [3.8, 4) is 11.5 Å². The number of unbranched alkanes of at least 4 members (excludes halogenated alkanes) is 2. The third kappa shape index (κ3) is 9.98. The predicted octanol–water partition coefficient (Wildman–Crippen LogP) is 5.59. The van der Waals surface area contributed by atoms with E-state index in [1.165, 1.54) is 49.0 Å². The summed E-state index contributed by atoms with van der Waals surface area (Å²) in [6.07, 6.45) is 5.60. The van der Waals surface area contributed by atoms with Crippen molar-refractivity contribution in [1.29, 1.82) is 0 Å². The molecule has 0 bridgehead atoms. The van der Waals surface area contributed by atoms with Crippen LogP contribution in [0.3, 0.4) is 0 Å². The van der Waals surface area contributed by atoms with E-state index in [2.05, 4.69) is 29.4 Å². The van der Waals surface area contributed by atoms with Gasteiger partial charge in [-0.15, -0.1) is 11.8 Å². The minimum absolute atomic E-state index is 0.0257. The molecule has 2 amide bonds. The number of aromatic hydroxyl groups is 1. The molecule has 0 radical (unpaired) electrons. The van der Waals surface area contributed by atoms with Gasteiger partial charge in [-0.05, 0) is 61.9 Å². The Morgan fingerprint density at radius 3 is 2.17 bits per heavy atom. The second kappa shape index (κ2) is 18.0. The van der Waals surface area contributed by atoms with Crippen LogP contribution in [0.2, 0.25) is 0 Å². The number of aliphatic hydroxyl groups excluding tert-OH is 1. The van der Waals surface area contributed by atoms with Crippen molar-refractivity contribution < 1.29 is 42.9 Å². The number of carboxylic acid groups (broad SMARTS) is 1. The van der Waals surface area contributed by atoms with E-state index >= 15 is 0 Å². The number of hydrogen-bond donors (Lipinski definition) is 5. The van der Waals surface area contributed by atoms with Crippen molar-refractivity contribution in [3.63, 3.8) is 0 Å². The van der Waals surface area contributed by atoms with E-state index in [0.29, 0.717) is 17.1 Å². The number of amides is 2. The third-order valence-corrected chi connectivity index (χ3v) is 12.0. The molecule has 1 heterocycles. The largest absolute Gasteiger partial charge is 0.508 e. The Hall–Kier alpha value is -4.27. The second-order valence-corrected chi connectivity index (χ2v) is 16.1. The zero-order valence-electron chi connectivity index (χ0n) is 30.0. The molecular weight excluding hydrogens is 707 g/mol. The minimum Gasteiger partial charge on any atom is -0.508 e. The Kier molecular flexibility index (Phi) is 14.0. The van der Waals surface area contributed by atoms with E-state index in [9.17, 15) is 38.1 Å². The molecule has 12 nitrogen and oxygen atoms in total. The average molecular weight is 756 g/mol. The zero-order chi connectivity index (χ0) is 38.1. The number of phenols is 1. The smallest absolute Gasteiger partial charge is 0.328 e. The number of thioether (sulfide) groups is 1. The topological polar surface area (TPSA) is 183 Å². The summed E-state index contributed by atoms with van der Waals surface area (Å²) in [6, 6.07) is 15.3. The number of benzene rings is 3. The molecule has 0 aliphatic carbocycles. The van der Waals surface area contributed by atoms with Gasteiger partial charge < -0.3 is 35.6 Å². The molecule has 5 N–H and O–H groups in total. The van der Waals surface area contributed by atoms with Gasteiger partial charge in [0.25, 0.3) is 5.91 Å². The molecule has 0 fully saturated rings. The van der Waals surface area contributed by atoms with E-state index in [-0.39, 0.29) is 27.7 Å². The van der Waals surface area contributed by atoms with Crippen LogP contribution in [0.1, 0.15) is 70.9 Å². The highest BCUT2D eigenvalue weighted by atomic mass is 32.2. The quantitative estimate of drug-likeness (QED) is 0.108. The normalized spacial score (nSPS) is 16.4. The molecule has 282 valence electrons. The Bertz CT molecular complexity index is 1790. The van der Waals surface area contributed by atoms with Crippen LogP contribution in [-0.2, 0) is 24.2 Å². The average Bonchev–Trinajstić information content (AvgIpc) is 3.21. The number of ether oxygens (including phenoxy) is 1. The van der Waals surface area contributed by atoms with E-state index in [1.54, 1.807) is 6.07 Å². The third-order valence-electron chi connectivity index (χ3n) is 9.25. The summed E-state index contributed by atoms with van der Waals surface area (Å²) in [5.74, 6) is -3.08. The molecule has 3 atom stereocenters. The fourth-order valence-electron chi connectivity index (χ4n) is 6.52. The van der Waals surface area contributed by atoms with Crippen molar-refractivity contribution in [3.05, 3.63) is 72.3 Å². The fraction of sp³-hybridized carbons (Fsp3) is 0.447. The van der Waals surface area contributed by atoms with Gasteiger partial charge in [-0.25, -0.2) is 13.2 Å². The lowest BCUT2D eigenvalue weighted by atomic mass is 9.79. The standard InChI is InChI=1S/C38H49N3O9S2/c1-5-7-18-38(19-8-6-2)23-41(27-12-10-9-11-13-27)29-20-31(51-4)30(21-32(29)52(48,49)24-38)50-22-33(44)39-35(26-14-16-28(43)17-15-26)36(45)40-34(25(3)42)37(46)47/h9-17,20-21,25,34-35,42-43H,5-8,18-19,22-24H2,1-4H3,(H,39,44)(H,40,45)(H,46,47)/t25-,34-,35+/m1/s1. The predicted molar refractivity (Wildman–Crippen MR) is 201 cm³/mol. The van der Waals surface area contributed by atoms with E-state index in [0.717, 1.165) is 44.2 Å². The molecule has 1 aliphatic heterocycles. The number of aliphatic carboxylic acids is 1. The summed E-state index contributed by atoms with van der Waals surface area (Å²) >= 11 is 1.34. The number of nitrogens with zero attached hydrogens (tertiary/aromatic N) is 1. The Morgan fingerprint density at radius 2 is 1.62 bits per heavy atom. The van der Waals surface area contributed by atoms with Crippen LogP contribution in [-0.4, -0.2) is 78.8 Å². The number of aliphatic hydroxyl groups is 1.